The molecule has 1 aromatic rings. The first-order valence-electron chi connectivity index (χ1n) is 6.64. The second-order valence-corrected chi connectivity index (χ2v) is 4.98. The quantitative estimate of drug-likeness (QED) is 0.899. The smallest absolute Gasteiger partial charge is 0.265 e. The van der Waals surface area contributed by atoms with E-state index in [1.807, 2.05) is 12.1 Å². The summed E-state index contributed by atoms with van der Waals surface area (Å²) in [4.78, 5) is 6.04. The molecule has 1 aliphatic heterocycles. The Bertz CT molecular complexity index is 377. The Labute approximate surface area is 113 Å². The molecule has 0 radical (unpaired) electrons. The van der Waals surface area contributed by atoms with Crippen molar-refractivity contribution in [1.82, 2.24) is 4.98 Å². The zero-order chi connectivity index (χ0) is 14.5. The third kappa shape index (κ3) is 4.42. The van der Waals surface area contributed by atoms with Crippen molar-refractivity contribution in [2.24, 2.45) is 5.73 Å². The zero-order valence-electron chi connectivity index (χ0n) is 11.9. The number of rotatable bonds is 2. The number of anilines is 1. The lowest BCUT2D eigenvalue weighted by Crippen LogP contribution is -2.42. The van der Waals surface area contributed by atoms with E-state index in [4.69, 9.17) is 0 Å². The molecule has 0 aromatic carbocycles. The minimum absolute atomic E-state index is 0.000998. The van der Waals surface area contributed by atoms with Gasteiger partial charge >= 0.3 is 0 Å². The molecular weight excluding hydrogens is 248 g/mol. The predicted octanol–water partition coefficient (Wildman–Crippen LogP) is 3.02. The minimum Gasteiger partial charge on any atom is -0.364 e. The zero-order valence-corrected chi connectivity index (χ0v) is 11.9. The molecule has 108 valence electrons. The molecule has 0 amide bonds. The highest BCUT2D eigenvalue weighted by atomic mass is 19.3. The van der Waals surface area contributed by atoms with Gasteiger partial charge in [0.05, 0.1) is 18.4 Å². The second-order valence-electron chi connectivity index (χ2n) is 4.98. The van der Waals surface area contributed by atoms with E-state index < -0.39 is 5.92 Å². The molecule has 19 heavy (non-hydrogen) atoms. The third-order valence-electron chi connectivity index (χ3n) is 3.12. The molecule has 0 saturated carbocycles. The van der Waals surface area contributed by atoms with Gasteiger partial charge in [-0.05, 0) is 31.5 Å². The summed E-state index contributed by atoms with van der Waals surface area (Å²) in [6, 6.07) is 3.82. The van der Waals surface area contributed by atoms with Gasteiger partial charge in [0, 0.05) is 18.7 Å². The van der Waals surface area contributed by atoms with Crippen molar-refractivity contribution in [2.45, 2.75) is 38.5 Å². The average Bonchev–Trinajstić information content (AvgIpc) is 2.40. The Morgan fingerprint density at radius 1 is 1.32 bits per heavy atom. The van der Waals surface area contributed by atoms with E-state index in [-0.39, 0.29) is 13.0 Å². The molecule has 2 N–H and O–H groups in total. The molecule has 2 rings (SSSR count). The molecule has 5 heteroatoms. The van der Waals surface area contributed by atoms with Crippen LogP contribution < -0.4 is 10.6 Å². The Hall–Kier alpha value is -1.23. The molecule has 0 unspecified atom stereocenters. The summed E-state index contributed by atoms with van der Waals surface area (Å²) in [7, 11) is 1.50. The van der Waals surface area contributed by atoms with Crippen molar-refractivity contribution >= 4 is 5.69 Å². The van der Waals surface area contributed by atoms with Gasteiger partial charge in [-0.25, -0.2) is 8.78 Å². The maximum atomic E-state index is 13.3. The molecular formula is C14H23F2N3. The van der Waals surface area contributed by atoms with Gasteiger partial charge in [0.1, 0.15) is 0 Å². The molecule has 3 nitrogen and oxygen atoms in total. The van der Waals surface area contributed by atoms with Crippen molar-refractivity contribution in [3.05, 3.63) is 24.0 Å². The summed E-state index contributed by atoms with van der Waals surface area (Å²) < 4.78 is 26.6. The number of piperidine rings is 1. The van der Waals surface area contributed by atoms with Crippen LogP contribution in [0.3, 0.4) is 0 Å². The van der Waals surface area contributed by atoms with E-state index in [1.165, 1.54) is 7.05 Å². The molecule has 1 saturated heterocycles. The topological polar surface area (TPSA) is 42.2 Å². The van der Waals surface area contributed by atoms with Gasteiger partial charge in [0.25, 0.3) is 5.92 Å². The van der Waals surface area contributed by atoms with Gasteiger partial charge in [0.2, 0.25) is 0 Å². The van der Waals surface area contributed by atoms with Crippen molar-refractivity contribution in [3.63, 3.8) is 0 Å². The van der Waals surface area contributed by atoms with Gasteiger partial charge in [-0.2, -0.15) is 0 Å². The van der Waals surface area contributed by atoms with E-state index in [0.29, 0.717) is 18.9 Å². The van der Waals surface area contributed by atoms with Crippen LogP contribution >= 0.6 is 0 Å². The van der Waals surface area contributed by atoms with E-state index in [1.54, 1.807) is 11.1 Å². The SMILES string of the molecule is CC(C)c1ccc(N2CCCC(F)(F)C2)cn1.CN. The van der Waals surface area contributed by atoms with E-state index in [0.717, 1.165) is 11.4 Å². The maximum Gasteiger partial charge on any atom is 0.265 e. The lowest BCUT2D eigenvalue weighted by molar-refractivity contribution is -0.0116. The van der Waals surface area contributed by atoms with E-state index in [9.17, 15) is 8.78 Å². The van der Waals surface area contributed by atoms with Crippen LogP contribution in [-0.4, -0.2) is 31.0 Å². The van der Waals surface area contributed by atoms with Crippen molar-refractivity contribution in [2.75, 3.05) is 25.0 Å². The summed E-state index contributed by atoms with van der Waals surface area (Å²) in [5, 5.41) is 0. The average molecular weight is 271 g/mol. The van der Waals surface area contributed by atoms with Crippen LogP contribution in [-0.2, 0) is 0 Å². The lowest BCUT2D eigenvalue weighted by atomic mass is 10.1. The van der Waals surface area contributed by atoms with Gasteiger partial charge in [-0.15, -0.1) is 0 Å². The Kier molecular flexibility index (Phi) is 5.66. The van der Waals surface area contributed by atoms with Gasteiger partial charge < -0.3 is 10.6 Å². The van der Waals surface area contributed by atoms with Crippen LogP contribution in [0.15, 0.2) is 18.3 Å². The first-order chi connectivity index (χ1) is 8.98. The largest absolute Gasteiger partial charge is 0.364 e. The normalized spacial score (nSPS) is 17.9. The molecule has 1 aliphatic rings. The Morgan fingerprint density at radius 3 is 2.47 bits per heavy atom. The van der Waals surface area contributed by atoms with Gasteiger partial charge in [-0.1, -0.05) is 13.8 Å². The van der Waals surface area contributed by atoms with Crippen molar-refractivity contribution in [3.8, 4) is 0 Å². The molecule has 0 spiro atoms. The summed E-state index contributed by atoms with van der Waals surface area (Å²) in [6.45, 7) is 4.64. The monoisotopic (exact) mass is 271 g/mol. The molecule has 1 fully saturated rings. The Morgan fingerprint density at radius 2 is 2.00 bits per heavy atom. The van der Waals surface area contributed by atoms with Crippen molar-refractivity contribution in [1.29, 1.82) is 0 Å². The van der Waals surface area contributed by atoms with Crippen LogP contribution in [0.25, 0.3) is 0 Å². The van der Waals surface area contributed by atoms with Crippen LogP contribution in [0.1, 0.15) is 38.3 Å². The van der Waals surface area contributed by atoms with Gasteiger partial charge in [0.15, 0.2) is 0 Å². The number of pyridine rings is 1. The number of halogens is 2. The fourth-order valence-corrected chi connectivity index (χ4v) is 2.11. The number of hydrogen-bond acceptors (Lipinski definition) is 3. The minimum atomic E-state index is -2.56. The predicted molar refractivity (Wildman–Crippen MR) is 74.8 cm³/mol. The molecule has 0 atom stereocenters. The summed E-state index contributed by atoms with van der Waals surface area (Å²) in [5.74, 6) is -2.19. The second kappa shape index (κ2) is 6.80. The standard InChI is InChI=1S/C13H18F2N2.CH5N/c1-10(2)12-5-4-11(8-16-12)17-7-3-6-13(14,15)9-17;1-2/h4-5,8,10H,3,6-7,9H2,1-2H3;2H2,1H3. The fourth-order valence-electron chi connectivity index (χ4n) is 2.11. The molecule has 2 heterocycles. The summed E-state index contributed by atoms with van der Waals surface area (Å²) >= 11 is 0. The molecule has 1 aromatic heterocycles. The van der Waals surface area contributed by atoms with Crippen LogP contribution in [0.2, 0.25) is 0 Å². The molecule has 0 aliphatic carbocycles. The number of hydrogen-bond donors (Lipinski definition) is 1. The third-order valence-corrected chi connectivity index (χ3v) is 3.12. The van der Waals surface area contributed by atoms with Crippen LogP contribution in [0, 0.1) is 0 Å². The first kappa shape index (κ1) is 15.8. The highest BCUT2D eigenvalue weighted by Crippen LogP contribution is 2.29. The highest BCUT2D eigenvalue weighted by molar-refractivity contribution is 5.45. The van der Waals surface area contributed by atoms with Crippen LogP contribution in [0.4, 0.5) is 14.5 Å². The van der Waals surface area contributed by atoms with Crippen molar-refractivity contribution < 1.29 is 8.78 Å². The fraction of sp³-hybridized carbons (Fsp3) is 0.643. The van der Waals surface area contributed by atoms with E-state index >= 15 is 0 Å². The number of nitrogens with two attached hydrogens (primary N) is 1. The summed E-state index contributed by atoms with van der Waals surface area (Å²) in [6.07, 6.45) is 2.25. The lowest BCUT2D eigenvalue weighted by Gasteiger charge is -2.33. The van der Waals surface area contributed by atoms with Gasteiger partial charge in [-0.3, -0.25) is 4.98 Å². The molecule has 0 bridgehead atoms. The Balaban J connectivity index is 0.000000861. The number of aromatic nitrogens is 1. The number of nitrogens with zero attached hydrogens (tertiary/aromatic N) is 2. The first-order valence-corrected chi connectivity index (χ1v) is 6.64. The highest BCUT2D eigenvalue weighted by Gasteiger charge is 2.35. The number of alkyl halides is 2. The van der Waals surface area contributed by atoms with Crippen LogP contribution in [0.5, 0.6) is 0 Å². The van der Waals surface area contributed by atoms with E-state index in [2.05, 4.69) is 24.6 Å². The maximum absolute atomic E-state index is 13.3. The summed E-state index contributed by atoms with van der Waals surface area (Å²) in [5.41, 5.74) is 6.30.